The summed E-state index contributed by atoms with van der Waals surface area (Å²) in [4.78, 5) is 16.4. The molecule has 27 heavy (non-hydrogen) atoms. The summed E-state index contributed by atoms with van der Waals surface area (Å²) >= 11 is 0. The zero-order chi connectivity index (χ0) is 19.6. The highest BCUT2D eigenvalue weighted by atomic mass is 19.1. The van der Waals surface area contributed by atoms with E-state index in [9.17, 15) is 9.18 Å². The van der Waals surface area contributed by atoms with Crippen molar-refractivity contribution >= 4 is 10.9 Å². The Bertz CT molecular complexity index is 1040. The van der Waals surface area contributed by atoms with Gasteiger partial charge in [-0.05, 0) is 37.6 Å². The molecule has 3 rings (SSSR count). The highest BCUT2D eigenvalue weighted by molar-refractivity contribution is 5.90. The van der Waals surface area contributed by atoms with E-state index >= 15 is 0 Å². The van der Waals surface area contributed by atoms with Gasteiger partial charge in [0.2, 0.25) is 5.43 Å². The van der Waals surface area contributed by atoms with Crippen LogP contribution < -0.4 is 19.6 Å². The van der Waals surface area contributed by atoms with Crippen LogP contribution in [0.3, 0.4) is 0 Å². The van der Waals surface area contributed by atoms with Crippen LogP contribution in [0.1, 0.15) is 19.0 Å². The van der Waals surface area contributed by atoms with Gasteiger partial charge in [-0.25, -0.2) is 4.39 Å². The molecule has 1 aromatic heterocycles. The molecule has 0 spiro atoms. The van der Waals surface area contributed by atoms with E-state index in [1.807, 2.05) is 6.92 Å². The van der Waals surface area contributed by atoms with Crippen molar-refractivity contribution in [3.05, 3.63) is 52.1 Å². The van der Waals surface area contributed by atoms with Crippen molar-refractivity contribution in [2.75, 3.05) is 20.8 Å². The first-order chi connectivity index (χ1) is 13.0. The van der Waals surface area contributed by atoms with Crippen LogP contribution in [0.25, 0.3) is 22.0 Å². The molecule has 1 heterocycles. The Hall–Kier alpha value is -3.02. The molecule has 0 aliphatic rings. The van der Waals surface area contributed by atoms with Crippen molar-refractivity contribution in [2.24, 2.45) is 0 Å². The summed E-state index contributed by atoms with van der Waals surface area (Å²) in [6, 6.07) is 7.95. The van der Waals surface area contributed by atoms with Crippen molar-refractivity contribution in [1.29, 1.82) is 0 Å². The molecule has 0 radical (unpaired) electrons. The molecule has 0 atom stereocenters. The predicted octanol–water partition coefficient (Wildman–Crippen LogP) is 4.45. The summed E-state index contributed by atoms with van der Waals surface area (Å²) in [5.74, 6) is 0.943. The number of ether oxygens (including phenoxy) is 3. The maximum absolute atomic E-state index is 14.6. The minimum atomic E-state index is -0.594. The van der Waals surface area contributed by atoms with Gasteiger partial charge in [0.15, 0.2) is 0 Å². The highest BCUT2D eigenvalue weighted by Crippen LogP contribution is 2.35. The molecular weight excluding hydrogens is 349 g/mol. The van der Waals surface area contributed by atoms with Crippen molar-refractivity contribution in [3.8, 4) is 28.4 Å². The first kappa shape index (κ1) is 18.8. The van der Waals surface area contributed by atoms with E-state index in [4.69, 9.17) is 14.2 Å². The summed E-state index contributed by atoms with van der Waals surface area (Å²) in [5.41, 5.74) is 1.47. The Labute approximate surface area is 156 Å². The third-order valence-electron chi connectivity index (χ3n) is 4.40. The van der Waals surface area contributed by atoms with Gasteiger partial charge in [0.25, 0.3) is 0 Å². The lowest BCUT2D eigenvalue weighted by Crippen LogP contribution is -2.13. The van der Waals surface area contributed by atoms with Gasteiger partial charge in [0.05, 0.1) is 37.3 Å². The molecule has 3 aromatic rings. The van der Waals surface area contributed by atoms with Crippen LogP contribution in [-0.4, -0.2) is 25.8 Å². The summed E-state index contributed by atoms with van der Waals surface area (Å²) < 4.78 is 30.9. The van der Waals surface area contributed by atoms with Crippen LogP contribution in [0, 0.1) is 12.7 Å². The first-order valence-electron chi connectivity index (χ1n) is 8.72. The standard InChI is InChI=1S/C21H22FNO4/c1-5-10-27-16-9-8-15(22)19-20(16)23-12(2)18(21(19)24)14-7-6-13(25-3)11-17(14)26-4/h6-9,11H,5,10H2,1-4H3,(H,23,24). The van der Waals surface area contributed by atoms with Crippen LogP contribution >= 0.6 is 0 Å². The summed E-state index contributed by atoms with van der Waals surface area (Å²) in [5, 5.41) is -0.0259. The Kier molecular flexibility index (Phi) is 5.35. The number of aryl methyl sites for hydroxylation is 1. The van der Waals surface area contributed by atoms with Crippen LogP contribution in [0.2, 0.25) is 0 Å². The van der Waals surface area contributed by atoms with Crippen molar-refractivity contribution in [1.82, 2.24) is 4.98 Å². The molecule has 0 fully saturated rings. The summed E-state index contributed by atoms with van der Waals surface area (Å²) in [6.07, 6.45) is 0.809. The average Bonchev–Trinajstić information content (AvgIpc) is 2.67. The monoisotopic (exact) mass is 371 g/mol. The van der Waals surface area contributed by atoms with Crippen LogP contribution in [0.15, 0.2) is 35.1 Å². The average molecular weight is 371 g/mol. The molecule has 0 aliphatic heterocycles. The van der Waals surface area contributed by atoms with Crippen molar-refractivity contribution in [2.45, 2.75) is 20.3 Å². The molecular formula is C21H22FNO4. The Morgan fingerprint density at radius 1 is 1.07 bits per heavy atom. The van der Waals surface area contributed by atoms with Gasteiger partial charge in [-0.2, -0.15) is 0 Å². The van der Waals surface area contributed by atoms with E-state index in [0.717, 1.165) is 6.42 Å². The minimum Gasteiger partial charge on any atom is -0.497 e. The van der Waals surface area contributed by atoms with Crippen LogP contribution in [0.5, 0.6) is 17.2 Å². The van der Waals surface area contributed by atoms with Crippen LogP contribution in [0.4, 0.5) is 4.39 Å². The number of aromatic amines is 1. The highest BCUT2D eigenvalue weighted by Gasteiger charge is 2.20. The zero-order valence-electron chi connectivity index (χ0n) is 15.8. The first-order valence-corrected chi connectivity index (χ1v) is 8.72. The number of rotatable bonds is 6. The van der Waals surface area contributed by atoms with Gasteiger partial charge in [-0.15, -0.1) is 0 Å². The van der Waals surface area contributed by atoms with Gasteiger partial charge < -0.3 is 19.2 Å². The SMILES string of the molecule is CCCOc1ccc(F)c2c(=O)c(-c3ccc(OC)cc3OC)c(C)[nH]c12. The van der Waals surface area contributed by atoms with Gasteiger partial charge in [0, 0.05) is 17.3 Å². The molecule has 0 bridgehead atoms. The second-order valence-corrected chi connectivity index (χ2v) is 6.16. The van der Waals surface area contributed by atoms with E-state index in [0.29, 0.717) is 46.2 Å². The van der Waals surface area contributed by atoms with Crippen molar-refractivity contribution < 1.29 is 18.6 Å². The van der Waals surface area contributed by atoms with Gasteiger partial charge in [0.1, 0.15) is 23.1 Å². The number of aromatic nitrogens is 1. The van der Waals surface area contributed by atoms with Gasteiger partial charge >= 0.3 is 0 Å². The van der Waals surface area contributed by atoms with E-state index in [1.165, 1.54) is 19.2 Å². The lowest BCUT2D eigenvalue weighted by atomic mass is 9.99. The normalized spacial score (nSPS) is 10.9. The number of methoxy groups -OCH3 is 2. The Morgan fingerprint density at radius 3 is 2.52 bits per heavy atom. The molecule has 142 valence electrons. The molecule has 0 saturated carbocycles. The number of pyridine rings is 1. The number of halogens is 1. The van der Waals surface area contributed by atoms with E-state index in [1.54, 1.807) is 32.2 Å². The molecule has 6 heteroatoms. The summed E-state index contributed by atoms with van der Waals surface area (Å²) in [6.45, 7) is 4.23. The second-order valence-electron chi connectivity index (χ2n) is 6.16. The number of nitrogens with one attached hydrogen (secondary N) is 1. The van der Waals surface area contributed by atoms with E-state index in [-0.39, 0.29) is 5.39 Å². The number of fused-ring (bicyclic) bond motifs is 1. The lowest BCUT2D eigenvalue weighted by molar-refractivity contribution is 0.320. The van der Waals surface area contributed by atoms with E-state index in [2.05, 4.69) is 4.98 Å². The van der Waals surface area contributed by atoms with Gasteiger partial charge in [-0.1, -0.05) is 6.92 Å². The quantitative estimate of drug-likeness (QED) is 0.695. The number of benzene rings is 2. The fraction of sp³-hybridized carbons (Fsp3) is 0.286. The second kappa shape index (κ2) is 7.70. The molecule has 0 unspecified atom stereocenters. The maximum Gasteiger partial charge on any atom is 0.200 e. The summed E-state index contributed by atoms with van der Waals surface area (Å²) in [7, 11) is 3.07. The fourth-order valence-electron chi connectivity index (χ4n) is 3.11. The number of hydrogen-bond donors (Lipinski definition) is 1. The zero-order valence-corrected chi connectivity index (χ0v) is 15.8. The third kappa shape index (κ3) is 3.35. The number of H-pyrrole nitrogens is 1. The van der Waals surface area contributed by atoms with Crippen molar-refractivity contribution in [3.63, 3.8) is 0 Å². The molecule has 1 N–H and O–H groups in total. The maximum atomic E-state index is 14.6. The topological polar surface area (TPSA) is 60.6 Å². The number of hydrogen-bond acceptors (Lipinski definition) is 4. The van der Waals surface area contributed by atoms with Crippen LogP contribution in [-0.2, 0) is 0 Å². The smallest absolute Gasteiger partial charge is 0.200 e. The fourth-order valence-corrected chi connectivity index (χ4v) is 3.11. The molecule has 0 saturated heterocycles. The Balaban J connectivity index is 2.30. The molecule has 5 nitrogen and oxygen atoms in total. The third-order valence-corrected chi connectivity index (χ3v) is 4.40. The molecule has 0 amide bonds. The minimum absolute atomic E-state index is 0.0259. The van der Waals surface area contributed by atoms with E-state index < -0.39 is 11.2 Å². The molecule has 2 aromatic carbocycles. The largest absolute Gasteiger partial charge is 0.497 e. The van der Waals surface area contributed by atoms with Gasteiger partial charge in [-0.3, -0.25) is 4.79 Å². The predicted molar refractivity (Wildman–Crippen MR) is 104 cm³/mol. The molecule has 0 aliphatic carbocycles. The lowest BCUT2D eigenvalue weighted by Gasteiger charge is -2.15. The Morgan fingerprint density at radius 2 is 1.85 bits per heavy atom.